The molecule has 2 heterocycles. The smallest absolute Gasteiger partial charge is 0.250 e. The number of β-amino-alcohol motifs (C(OH)–C–C–N with tert-alkyl or cyclic N) is 1. The fraction of sp³-hybridized carbons (Fsp3) is 0.304. The summed E-state index contributed by atoms with van der Waals surface area (Å²) in [6.07, 6.45) is 1.05. The highest BCUT2D eigenvalue weighted by molar-refractivity contribution is 7.20. The van der Waals surface area contributed by atoms with Crippen LogP contribution in [0.1, 0.15) is 44.0 Å². The highest BCUT2D eigenvalue weighted by Crippen LogP contribution is 2.44. The van der Waals surface area contributed by atoms with Gasteiger partial charge in [-0.3, -0.25) is 14.5 Å². The van der Waals surface area contributed by atoms with Crippen LogP contribution in [0.25, 0.3) is 10.1 Å². The van der Waals surface area contributed by atoms with Gasteiger partial charge in [0.05, 0.1) is 21.4 Å². The minimum absolute atomic E-state index is 0.0361. The molecule has 1 atom stereocenters. The van der Waals surface area contributed by atoms with E-state index in [4.69, 9.17) is 28.9 Å². The van der Waals surface area contributed by atoms with E-state index in [9.17, 15) is 19.8 Å². The van der Waals surface area contributed by atoms with Crippen LogP contribution in [-0.4, -0.2) is 46.0 Å². The molecule has 1 amide bonds. The maximum absolute atomic E-state index is 12.7. The number of carbonyl (C=O) groups excluding carboxylic acids is 2. The van der Waals surface area contributed by atoms with Crippen molar-refractivity contribution in [3.8, 4) is 5.75 Å². The van der Waals surface area contributed by atoms with Gasteiger partial charge < -0.3 is 15.9 Å². The summed E-state index contributed by atoms with van der Waals surface area (Å²) in [5.74, 6) is -0.926. The molecule has 168 valence electrons. The Balaban J connectivity index is 1.48. The fourth-order valence-corrected chi connectivity index (χ4v) is 5.82. The summed E-state index contributed by atoms with van der Waals surface area (Å²) in [4.78, 5) is 27.7. The van der Waals surface area contributed by atoms with Crippen LogP contribution < -0.4 is 5.73 Å². The van der Waals surface area contributed by atoms with Gasteiger partial charge in [-0.1, -0.05) is 47.5 Å². The van der Waals surface area contributed by atoms with E-state index in [1.807, 2.05) is 12.1 Å². The molecule has 0 bridgehead atoms. The summed E-state index contributed by atoms with van der Waals surface area (Å²) in [5.41, 5.74) is 7.55. The molecule has 0 spiro atoms. The number of halogens is 2. The van der Waals surface area contributed by atoms with Crippen molar-refractivity contribution < 1.29 is 19.8 Å². The maximum atomic E-state index is 12.7. The largest absolute Gasteiger partial charge is 0.505 e. The van der Waals surface area contributed by atoms with Gasteiger partial charge in [0.1, 0.15) is 5.02 Å². The van der Waals surface area contributed by atoms with Gasteiger partial charge in [0.2, 0.25) is 5.91 Å². The number of rotatable bonds is 7. The summed E-state index contributed by atoms with van der Waals surface area (Å²) in [6, 6.07) is 8.93. The Labute approximate surface area is 199 Å². The predicted octanol–water partition coefficient (Wildman–Crippen LogP) is 4.39. The van der Waals surface area contributed by atoms with Gasteiger partial charge in [0.25, 0.3) is 0 Å². The van der Waals surface area contributed by atoms with Crippen molar-refractivity contribution in [2.75, 3.05) is 13.1 Å². The first-order valence-electron chi connectivity index (χ1n) is 10.2. The third-order valence-corrected chi connectivity index (χ3v) is 7.73. The van der Waals surface area contributed by atoms with Crippen molar-refractivity contribution in [1.82, 2.24) is 4.90 Å². The van der Waals surface area contributed by atoms with Crippen molar-refractivity contribution in [2.45, 2.75) is 31.9 Å². The number of fused-ring (bicyclic) bond motifs is 1. The lowest BCUT2D eigenvalue weighted by molar-refractivity contribution is 0.0975. The van der Waals surface area contributed by atoms with Crippen LogP contribution in [0.15, 0.2) is 30.3 Å². The number of nitrogens with two attached hydrogens (primary N) is 1. The standard InChI is InChI=1S/C23H22Cl2N2O4S/c24-16-9-15-19(23(26)31)18(32-22(15)20(25)21(16)30)6-5-17(29)13-3-1-12(2-4-13)10-27-8-7-14(28)11-27/h1-4,9,14,28,30H,5-8,10-11H2,(H2,26,31)/t14-/m1/s1. The number of phenolic OH excluding ortho intramolecular Hbond substituents is 1. The van der Waals surface area contributed by atoms with Crippen LogP contribution in [-0.2, 0) is 13.0 Å². The predicted molar refractivity (Wildman–Crippen MR) is 127 cm³/mol. The molecule has 1 aromatic heterocycles. The Morgan fingerprint density at radius 2 is 1.94 bits per heavy atom. The normalized spacial score (nSPS) is 16.7. The second-order valence-corrected chi connectivity index (χ2v) is 9.85. The van der Waals surface area contributed by atoms with E-state index in [0.29, 0.717) is 33.5 Å². The number of carbonyl (C=O) groups is 2. The van der Waals surface area contributed by atoms with Crippen LogP contribution >= 0.6 is 34.5 Å². The molecule has 9 heteroatoms. The number of likely N-dealkylation sites (tertiary alicyclic amines) is 1. The maximum Gasteiger partial charge on any atom is 0.250 e. The zero-order valence-corrected chi connectivity index (χ0v) is 19.4. The second kappa shape index (κ2) is 9.37. The lowest BCUT2D eigenvalue weighted by Crippen LogP contribution is -2.21. The lowest BCUT2D eigenvalue weighted by Gasteiger charge is -2.15. The fourth-order valence-electron chi connectivity index (χ4n) is 4.03. The molecular weight excluding hydrogens is 471 g/mol. The van der Waals surface area contributed by atoms with Crippen molar-refractivity contribution in [2.24, 2.45) is 5.73 Å². The third-order valence-electron chi connectivity index (χ3n) is 5.68. The van der Waals surface area contributed by atoms with Gasteiger partial charge >= 0.3 is 0 Å². The Hall–Kier alpha value is -2.16. The van der Waals surface area contributed by atoms with Crippen molar-refractivity contribution in [1.29, 1.82) is 0 Å². The molecule has 32 heavy (non-hydrogen) atoms. The average molecular weight is 493 g/mol. The van der Waals surface area contributed by atoms with Crippen LogP contribution in [0.2, 0.25) is 10.0 Å². The molecule has 6 nitrogen and oxygen atoms in total. The molecule has 1 aliphatic rings. The summed E-state index contributed by atoms with van der Waals surface area (Å²) in [5, 5.41) is 20.2. The van der Waals surface area contributed by atoms with Crippen LogP contribution in [0.5, 0.6) is 5.75 Å². The highest BCUT2D eigenvalue weighted by atomic mass is 35.5. The zero-order valence-electron chi connectivity index (χ0n) is 17.1. The number of nitrogens with zero attached hydrogens (tertiary/aromatic N) is 1. The van der Waals surface area contributed by atoms with Crippen LogP contribution in [0.3, 0.4) is 0 Å². The van der Waals surface area contributed by atoms with Crippen molar-refractivity contribution >= 4 is 56.3 Å². The molecule has 4 N–H and O–H groups in total. The number of aliphatic hydroxyl groups excluding tert-OH is 1. The quantitative estimate of drug-likeness (QED) is 0.424. The number of aromatic hydroxyl groups is 1. The lowest BCUT2D eigenvalue weighted by atomic mass is 10.0. The molecule has 3 aromatic rings. The second-order valence-electron chi connectivity index (χ2n) is 7.96. The summed E-state index contributed by atoms with van der Waals surface area (Å²) in [6.45, 7) is 2.28. The summed E-state index contributed by atoms with van der Waals surface area (Å²) < 4.78 is 0.515. The number of aliphatic hydroxyl groups is 1. The Morgan fingerprint density at radius 1 is 1.22 bits per heavy atom. The molecule has 2 aromatic carbocycles. The number of hydrogen-bond acceptors (Lipinski definition) is 6. The van der Waals surface area contributed by atoms with Gasteiger partial charge in [-0.15, -0.1) is 11.3 Å². The third kappa shape index (κ3) is 4.63. The Morgan fingerprint density at radius 3 is 2.56 bits per heavy atom. The number of primary amides is 1. The van der Waals surface area contributed by atoms with Crippen molar-refractivity contribution in [3.63, 3.8) is 0 Å². The molecule has 1 aliphatic heterocycles. The van der Waals surface area contributed by atoms with E-state index < -0.39 is 5.91 Å². The number of phenols is 1. The number of ketones is 1. The minimum Gasteiger partial charge on any atom is -0.505 e. The van der Waals surface area contributed by atoms with E-state index in [0.717, 1.165) is 25.1 Å². The molecule has 1 fully saturated rings. The number of thiophene rings is 1. The molecule has 1 saturated heterocycles. The SMILES string of the molecule is NC(=O)c1c(CCC(=O)c2ccc(CN3CC[C@@H](O)C3)cc2)sc2c(Cl)c(O)c(Cl)cc12. The van der Waals surface area contributed by atoms with E-state index >= 15 is 0 Å². The zero-order chi connectivity index (χ0) is 23.0. The van der Waals surface area contributed by atoms with Crippen molar-refractivity contribution in [3.05, 3.63) is 61.9 Å². The van der Waals surface area contributed by atoms with Gasteiger partial charge in [0.15, 0.2) is 11.5 Å². The minimum atomic E-state index is -0.632. The Bertz CT molecular complexity index is 1190. The molecule has 0 aliphatic carbocycles. The number of aryl methyl sites for hydroxylation is 1. The molecule has 0 unspecified atom stereocenters. The molecule has 4 rings (SSSR count). The number of amides is 1. The first-order chi connectivity index (χ1) is 15.2. The van der Waals surface area contributed by atoms with Crippen LogP contribution in [0.4, 0.5) is 0 Å². The monoisotopic (exact) mass is 492 g/mol. The Kier molecular flexibility index (Phi) is 6.74. The van der Waals surface area contributed by atoms with E-state index in [-0.39, 0.29) is 39.7 Å². The number of hydrogen-bond donors (Lipinski definition) is 3. The molecule has 0 radical (unpaired) electrons. The van der Waals surface area contributed by atoms with Crippen LogP contribution in [0, 0.1) is 0 Å². The summed E-state index contributed by atoms with van der Waals surface area (Å²) >= 11 is 13.4. The van der Waals surface area contributed by atoms with Gasteiger partial charge in [-0.25, -0.2) is 0 Å². The van der Waals surface area contributed by atoms with Gasteiger partial charge in [-0.05, 0) is 24.5 Å². The first kappa shape index (κ1) is 23.0. The number of Topliss-reactive ketones (excluding diaryl/α,β-unsaturated/α-hetero) is 1. The average Bonchev–Trinajstić information content (AvgIpc) is 3.34. The van der Waals surface area contributed by atoms with E-state index in [2.05, 4.69) is 4.90 Å². The summed E-state index contributed by atoms with van der Waals surface area (Å²) in [7, 11) is 0. The van der Waals surface area contributed by atoms with E-state index in [1.165, 1.54) is 17.4 Å². The number of benzene rings is 2. The topological polar surface area (TPSA) is 104 Å². The molecule has 0 saturated carbocycles. The first-order valence-corrected chi connectivity index (χ1v) is 11.8. The highest BCUT2D eigenvalue weighted by Gasteiger charge is 2.23. The molecular formula is C23H22Cl2N2O4S. The van der Waals surface area contributed by atoms with E-state index in [1.54, 1.807) is 12.1 Å². The van der Waals surface area contributed by atoms with Gasteiger partial charge in [0, 0.05) is 41.9 Å². The van der Waals surface area contributed by atoms with Gasteiger partial charge in [-0.2, -0.15) is 0 Å².